The average molecular weight is 174 g/mol. The maximum absolute atomic E-state index is 11.2. The molecule has 0 unspecified atom stereocenters. The minimum absolute atomic E-state index is 0. The fourth-order valence-electron chi connectivity index (χ4n) is 1.21. The Bertz CT molecular complexity index is 134. The zero-order chi connectivity index (χ0) is 9.56. The van der Waals surface area contributed by atoms with Gasteiger partial charge in [0, 0.05) is 15.5 Å². The van der Waals surface area contributed by atoms with Gasteiger partial charge in [-0.15, -0.1) is 0 Å². The van der Waals surface area contributed by atoms with Gasteiger partial charge in [-0.05, 0) is 19.4 Å². The molecule has 1 aliphatic heterocycles. The van der Waals surface area contributed by atoms with E-state index in [4.69, 9.17) is 0 Å². The smallest absolute Gasteiger partial charge is 0.239 e. The van der Waals surface area contributed by atoms with Crippen LogP contribution in [-0.2, 0) is 4.79 Å². The predicted octanol–water partition coefficient (Wildman–Crippen LogP) is 1.10. The minimum Gasteiger partial charge on any atom is -0.347 e. The van der Waals surface area contributed by atoms with Gasteiger partial charge < -0.3 is 10.2 Å². The van der Waals surface area contributed by atoms with Gasteiger partial charge in [-0.1, -0.05) is 13.8 Å². The summed E-state index contributed by atoms with van der Waals surface area (Å²) in [6, 6.07) is 0.0926. The van der Waals surface area contributed by atoms with E-state index in [1.54, 1.807) is 19.0 Å². The molecule has 0 radical (unpaired) electrons. The molecule has 3 heteroatoms. The average Bonchev–Trinajstić information content (AvgIpc) is 2.58. The van der Waals surface area contributed by atoms with Gasteiger partial charge in [0.05, 0.1) is 6.04 Å². The second kappa shape index (κ2) is 6.00. The van der Waals surface area contributed by atoms with Gasteiger partial charge in [0.1, 0.15) is 0 Å². The van der Waals surface area contributed by atoms with Crippen LogP contribution < -0.4 is 5.32 Å². The lowest BCUT2D eigenvalue weighted by Crippen LogP contribution is -2.39. The summed E-state index contributed by atoms with van der Waals surface area (Å²) in [4.78, 5) is 12.9. The fourth-order valence-corrected chi connectivity index (χ4v) is 1.21. The van der Waals surface area contributed by atoms with Crippen molar-refractivity contribution in [2.75, 3.05) is 20.6 Å². The number of amides is 1. The predicted molar refractivity (Wildman–Crippen MR) is 53.2 cm³/mol. The molecule has 0 bridgehead atoms. The highest BCUT2D eigenvalue weighted by Gasteiger charge is 2.22. The fraction of sp³-hybridized carbons (Fsp3) is 0.889. The van der Waals surface area contributed by atoms with Crippen LogP contribution in [0.4, 0.5) is 0 Å². The van der Waals surface area contributed by atoms with Gasteiger partial charge in [-0.25, -0.2) is 0 Å². The second-order valence-corrected chi connectivity index (χ2v) is 2.88. The first-order valence-corrected chi connectivity index (χ1v) is 4.66. The van der Waals surface area contributed by atoms with E-state index in [9.17, 15) is 4.79 Å². The Morgan fingerprint density at radius 3 is 2.42 bits per heavy atom. The summed E-state index contributed by atoms with van der Waals surface area (Å²) in [6.07, 6.45) is 2.13. The van der Waals surface area contributed by atoms with Crippen LogP contribution in [0.1, 0.15) is 28.1 Å². The molecule has 0 spiro atoms. The molecule has 0 aliphatic carbocycles. The van der Waals surface area contributed by atoms with E-state index < -0.39 is 0 Å². The Hall–Kier alpha value is -0.570. The summed E-state index contributed by atoms with van der Waals surface area (Å²) in [5.74, 6) is 0.206. The van der Waals surface area contributed by atoms with Gasteiger partial charge in [-0.2, -0.15) is 0 Å². The summed E-state index contributed by atoms with van der Waals surface area (Å²) < 4.78 is 0. The first-order chi connectivity index (χ1) is 5.72. The largest absolute Gasteiger partial charge is 0.347 e. The number of likely N-dealkylation sites (N-methyl/N-ethyl adjacent to an activating group) is 1. The van der Waals surface area contributed by atoms with E-state index in [2.05, 4.69) is 5.32 Å². The van der Waals surface area contributed by atoms with Crippen LogP contribution in [0.5, 0.6) is 0 Å². The third-order valence-corrected chi connectivity index (χ3v) is 1.80. The molecule has 1 amide bonds. The van der Waals surface area contributed by atoms with E-state index in [0.717, 1.165) is 19.4 Å². The SMILES string of the molecule is CC.CN(C)C(=O)[C@@H]1CCCN1.[HH]. The molecule has 0 aromatic rings. The van der Waals surface area contributed by atoms with Crippen LogP contribution in [0.2, 0.25) is 0 Å². The molecule has 1 atom stereocenters. The number of nitrogens with one attached hydrogen (secondary N) is 1. The summed E-state index contributed by atoms with van der Waals surface area (Å²) in [5, 5.41) is 3.15. The van der Waals surface area contributed by atoms with Crippen molar-refractivity contribution in [3.05, 3.63) is 0 Å². The van der Waals surface area contributed by atoms with Crippen molar-refractivity contribution in [3.8, 4) is 0 Å². The monoisotopic (exact) mass is 174 g/mol. The zero-order valence-electron chi connectivity index (χ0n) is 8.55. The molecule has 1 fully saturated rings. The summed E-state index contributed by atoms with van der Waals surface area (Å²) in [6.45, 7) is 4.99. The minimum atomic E-state index is 0. The van der Waals surface area contributed by atoms with E-state index in [1.165, 1.54) is 0 Å². The van der Waals surface area contributed by atoms with Crippen LogP contribution in [0.15, 0.2) is 0 Å². The van der Waals surface area contributed by atoms with Gasteiger partial charge in [-0.3, -0.25) is 4.79 Å². The van der Waals surface area contributed by atoms with Crippen LogP contribution in [0, 0.1) is 0 Å². The normalized spacial score (nSPS) is 21.2. The molecule has 0 saturated carbocycles. The van der Waals surface area contributed by atoms with Gasteiger partial charge in [0.15, 0.2) is 0 Å². The van der Waals surface area contributed by atoms with Gasteiger partial charge >= 0.3 is 0 Å². The number of hydrogen-bond donors (Lipinski definition) is 1. The Balaban J connectivity index is 0. The van der Waals surface area contributed by atoms with Crippen molar-refractivity contribution in [1.29, 1.82) is 0 Å². The molecule has 1 aliphatic rings. The molecule has 3 nitrogen and oxygen atoms in total. The molecule has 0 aromatic heterocycles. The Morgan fingerprint density at radius 1 is 1.50 bits per heavy atom. The molecule has 1 N–H and O–H groups in total. The zero-order valence-corrected chi connectivity index (χ0v) is 8.55. The summed E-state index contributed by atoms with van der Waals surface area (Å²) >= 11 is 0. The standard InChI is InChI=1S/C7H14N2O.C2H6.H2/c1-9(2)7(10)6-4-3-5-8-6;1-2;/h6,8H,3-5H2,1-2H3;1-2H3;1H/t6-;;/m0../s1. The molecule has 1 heterocycles. The van der Waals surface area contributed by atoms with E-state index in [0.29, 0.717) is 0 Å². The number of carbonyl (C=O) groups excluding carboxylic acids is 1. The highest BCUT2D eigenvalue weighted by Crippen LogP contribution is 2.06. The molecule has 1 rings (SSSR count). The van der Waals surface area contributed by atoms with Crippen molar-refractivity contribution in [2.24, 2.45) is 0 Å². The number of carbonyl (C=O) groups is 1. The quantitative estimate of drug-likeness (QED) is 0.645. The maximum Gasteiger partial charge on any atom is 0.239 e. The molecular formula is C9H22N2O. The highest BCUT2D eigenvalue weighted by molar-refractivity contribution is 5.81. The van der Waals surface area contributed by atoms with E-state index >= 15 is 0 Å². The van der Waals surface area contributed by atoms with Crippen LogP contribution in [-0.4, -0.2) is 37.5 Å². The van der Waals surface area contributed by atoms with Crippen LogP contribution >= 0.6 is 0 Å². The Labute approximate surface area is 76.6 Å². The van der Waals surface area contributed by atoms with E-state index in [-0.39, 0.29) is 13.4 Å². The molecular weight excluding hydrogens is 152 g/mol. The van der Waals surface area contributed by atoms with Crippen LogP contribution in [0.25, 0.3) is 0 Å². The third kappa shape index (κ3) is 3.22. The molecule has 12 heavy (non-hydrogen) atoms. The summed E-state index contributed by atoms with van der Waals surface area (Å²) in [7, 11) is 3.59. The Kier molecular flexibility index (Phi) is 5.72. The lowest BCUT2D eigenvalue weighted by molar-refractivity contribution is -0.130. The first-order valence-electron chi connectivity index (χ1n) is 4.66. The Morgan fingerprint density at radius 2 is 2.08 bits per heavy atom. The van der Waals surface area contributed by atoms with Gasteiger partial charge in [0.2, 0.25) is 5.91 Å². The maximum atomic E-state index is 11.2. The number of nitrogens with zero attached hydrogens (tertiary/aromatic N) is 1. The molecule has 1 saturated heterocycles. The first kappa shape index (κ1) is 11.4. The van der Waals surface area contributed by atoms with Crippen molar-refractivity contribution in [2.45, 2.75) is 32.7 Å². The molecule has 74 valence electrons. The van der Waals surface area contributed by atoms with Crippen molar-refractivity contribution >= 4 is 5.91 Å². The lowest BCUT2D eigenvalue weighted by Gasteiger charge is -2.15. The van der Waals surface area contributed by atoms with Crippen molar-refractivity contribution in [1.82, 2.24) is 10.2 Å². The van der Waals surface area contributed by atoms with Crippen LogP contribution in [0.3, 0.4) is 0 Å². The third-order valence-electron chi connectivity index (χ3n) is 1.80. The van der Waals surface area contributed by atoms with Crippen molar-refractivity contribution in [3.63, 3.8) is 0 Å². The van der Waals surface area contributed by atoms with Gasteiger partial charge in [0.25, 0.3) is 0 Å². The summed E-state index contributed by atoms with van der Waals surface area (Å²) in [5.41, 5.74) is 0. The van der Waals surface area contributed by atoms with Crippen molar-refractivity contribution < 1.29 is 6.22 Å². The topological polar surface area (TPSA) is 32.3 Å². The number of rotatable bonds is 1. The van der Waals surface area contributed by atoms with E-state index in [1.807, 2.05) is 13.8 Å². The molecule has 0 aromatic carbocycles. The number of hydrogen-bond acceptors (Lipinski definition) is 2. The lowest BCUT2D eigenvalue weighted by atomic mass is 10.2. The highest BCUT2D eigenvalue weighted by atomic mass is 16.2. The second-order valence-electron chi connectivity index (χ2n) is 2.88.